The third-order valence-electron chi connectivity index (χ3n) is 4.63. The molecule has 1 atom stereocenters. The summed E-state index contributed by atoms with van der Waals surface area (Å²) in [6.07, 6.45) is 2.54. The van der Waals surface area contributed by atoms with Crippen molar-refractivity contribution in [2.75, 3.05) is 39.9 Å². The minimum absolute atomic E-state index is 0.0842. The number of piperidine rings is 2. The number of carbonyl (C=O) groups is 3. The lowest BCUT2D eigenvalue weighted by atomic mass is 9.93. The van der Waals surface area contributed by atoms with Crippen LogP contribution in [0.2, 0.25) is 0 Å². The Hall–Kier alpha value is -1.79. The highest BCUT2D eigenvalue weighted by molar-refractivity contribution is 5.80. The van der Waals surface area contributed by atoms with Crippen LogP contribution >= 0.6 is 0 Å². The maximum Gasteiger partial charge on any atom is 0.409 e. The van der Waals surface area contributed by atoms with Gasteiger partial charge >= 0.3 is 12.1 Å². The first-order valence-corrected chi connectivity index (χ1v) is 8.35. The molecular formula is C16H26N2O5. The van der Waals surface area contributed by atoms with Crippen molar-refractivity contribution in [1.29, 1.82) is 0 Å². The molecule has 130 valence electrons. The lowest BCUT2D eigenvalue weighted by molar-refractivity contribution is -0.152. The van der Waals surface area contributed by atoms with Gasteiger partial charge in [-0.15, -0.1) is 0 Å². The van der Waals surface area contributed by atoms with Crippen LogP contribution in [-0.2, 0) is 19.1 Å². The van der Waals surface area contributed by atoms with E-state index in [1.165, 1.54) is 7.11 Å². The Bertz CT molecular complexity index is 446. The van der Waals surface area contributed by atoms with E-state index in [1.54, 1.807) is 11.8 Å². The molecule has 2 saturated heterocycles. The number of carbonyl (C=O) groups excluding carboxylic acids is 3. The Balaban J connectivity index is 1.84. The van der Waals surface area contributed by atoms with Crippen LogP contribution in [0.5, 0.6) is 0 Å². The summed E-state index contributed by atoms with van der Waals surface area (Å²) in [4.78, 5) is 39.4. The molecule has 0 aromatic heterocycles. The molecule has 0 saturated carbocycles. The van der Waals surface area contributed by atoms with E-state index in [-0.39, 0.29) is 29.8 Å². The quantitative estimate of drug-likeness (QED) is 0.730. The molecule has 0 aromatic rings. The molecule has 2 heterocycles. The lowest BCUT2D eigenvalue weighted by Gasteiger charge is -2.36. The van der Waals surface area contributed by atoms with E-state index in [0.29, 0.717) is 45.6 Å². The van der Waals surface area contributed by atoms with Gasteiger partial charge in [0.05, 0.1) is 25.6 Å². The van der Waals surface area contributed by atoms with Gasteiger partial charge in [0, 0.05) is 26.2 Å². The predicted molar refractivity (Wildman–Crippen MR) is 82.6 cm³/mol. The first-order valence-electron chi connectivity index (χ1n) is 8.35. The number of methoxy groups -OCH3 is 1. The van der Waals surface area contributed by atoms with Gasteiger partial charge in [-0.2, -0.15) is 0 Å². The van der Waals surface area contributed by atoms with Gasteiger partial charge in [-0.3, -0.25) is 9.59 Å². The fourth-order valence-corrected chi connectivity index (χ4v) is 3.33. The Morgan fingerprint density at radius 3 is 2.30 bits per heavy atom. The predicted octanol–water partition coefficient (Wildman–Crippen LogP) is 1.27. The molecule has 1 unspecified atom stereocenters. The summed E-state index contributed by atoms with van der Waals surface area (Å²) in [6.45, 7) is 4.41. The van der Waals surface area contributed by atoms with Crippen LogP contribution in [-0.4, -0.2) is 67.7 Å². The molecule has 0 radical (unpaired) electrons. The van der Waals surface area contributed by atoms with Crippen LogP contribution in [0.1, 0.15) is 32.6 Å². The molecule has 2 aliphatic rings. The minimum atomic E-state index is -0.372. The molecule has 0 aromatic carbocycles. The van der Waals surface area contributed by atoms with Crippen LogP contribution in [0, 0.1) is 11.8 Å². The Morgan fingerprint density at radius 1 is 1.00 bits per heavy atom. The number of rotatable bonds is 3. The van der Waals surface area contributed by atoms with Crippen LogP contribution in [0.3, 0.4) is 0 Å². The van der Waals surface area contributed by atoms with Gasteiger partial charge in [0.25, 0.3) is 0 Å². The van der Waals surface area contributed by atoms with Gasteiger partial charge in [-0.25, -0.2) is 4.79 Å². The largest absolute Gasteiger partial charge is 0.466 e. The highest BCUT2D eigenvalue weighted by Crippen LogP contribution is 2.24. The second-order valence-corrected chi connectivity index (χ2v) is 6.11. The highest BCUT2D eigenvalue weighted by atomic mass is 16.5. The second kappa shape index (κ2) is 8.17. The first kappa shape index (κ1) is 17.6. The van der Waals surface area contributed by atoms with E-state index in [9.17, 15) is 14.4 Å². The molecular weight excluding hydrogens is 300 g/mol. The van der Waals surface area contributed by atoms with Gasteiger partial charge in [-0.05, 0) is 32.6 Å². The van der Waals surface area contributed by atoms with E-state index >= 15 is 0 Å². The number of hydrogen-bond acceptors (Lipinski definition) is 5. The summed E-state index contributed by atoms with van der Waals surface area (Å²) < 4.78 is 9.78. The van der Waals surface area contributed by atoms with Crippen molar-refractivity contribution < 1.29 is 23.9 Å². The zero-order valence-corrected chi connectivity index (χ0v) is 14.0. The SMILES string of the molecule is CCOC(=O)C1CCN(C(=O)C2CCCN(C(=O)OC)C2)CC1. The van der Waals surface area contributed by atoms with Gasteiger partial charge in [0.2, 0.25) is 5.91 Å². The normalized spacial score (nSPS) is 22.6. The third-order valence-corrected chi connectivity index (χ3v) is 4.63. The Kier molecular flexibility index (Phi) is 6.24. The first-order chi connectivity index (χ1) is 11.1. The molecule has 2 aliphatic heterocycles. The average Bonchev–Trinajstić information content (AvgIpc) is 2.60. The van der Waals surface area contributed by atoms with Gasteiger partial charge < -0.3 is 19.3 Å². The van der Waals surface area contributed by atoms with E-state index in [4.69, 9.17) is 9.47 Å². The maximum atomic E-state index is 12.6. The summed E-state index contributed by atoms with van der Waals surface area (Å²) in [6, 6.07) is 0. The van der Waals surface area contributed by atoms with Gasteiger partial charge in [0.15, 0.2) is 0 Å². The maximum absolute atomic E-state index is 12.6. The number of nitrogens with zero attached hydrogens (tertiary/aromatic N) is 2. The fraction of sp³-hybridized carbons (Fsp3) is 0.812. The van der Waals surface area contributed by atoms with Crippen molar-refractivity contribution in [3.63, 3.8) is 0 Å². The Morgan fingerprint density at radius 2 is 1.70 bits per heavy atom. The molecule has 0 spiro atoms. The smallest absolute Gasteiger partial charge is 0.409 e. The molecule has 0 N–H and O–H groups in total. The van der Waals surface area contributed by atoms with Crippen molar-refractivity contribution in [3.05, 3.63) is 0 Å². The third kappa shape index (κ3) is 4.36. The highest BCUT2D eigenvalue weighted by Gasteiger charge is 2.34. The lowest BCUT2D eigenvalue weighted by Crippen LogP contribution is -2.49. The number of hydrogen-bond donors (Lipinski definition) is 0. The molecule has 2 rings (SSSR count). The van der Waals surface area contributed by atoms with Crippen LogP contribution in [0.25, 0.3) is 0 Å². The van der Waals surface area contributed by atoms with E-state index in [2.05, 4.69) is 0 Å². The van der Waals surface area contributed by atoms with Crippen LogP contribution in [0.4, 0.5) is 4.79 Å². The van der Waals surface area contributed by atoms with Crippen LogP contribution < -0.4 is 0 Å². The molecule has 7 heteroatoms. The molecule has 0 aliphatic carbocycles. The van der Waals surface area contributed by atoms with Crippen molar-refractivity contribution in [3.8, 4) is 0 Å². The second-order valence-electron chi connectivity index (χ2n) is 6.11. The zero-order chi connectivity index (χ0) is 16.8. The molecule has 23 heavy (non-hydrogen) atoms. The van der Waals surface area contributed by atoms with Gasteiger partial charge in [0.1, 0.15) is 0 Å². The fourth-order valence-electron chi connectivity index (χ4n) is 3.33. The monoisotopic (exact) mass is 326 g/mol. The van der Waals surface area contributed by atoms with Crippen LogP contribution in [0.15, 0.2) is 0 Å². The van der Waals surface area contributed by atoms with Crippen molar-refractivity contribution in [2.45, 2.75) is 32.6 Å². The standard InChI is InChI=1S/C16H26N2O5/c1-3-23-15(20)12-6-9-17(10-7-12)14(19)13-5-4-8-18(11-13)16(21)22-2/h12-13H,3-11H2,1-2H3. The molecule has 0 bridgehead atoms. The zero-order valence-electron chi connectivity index (χ0n) is 14.0. The van der Waals surface area contributed by atoms with Gasteiger partial charge in [-0.1, -0.05) is 0 Å². The summed E-state index contributed by atoms with van der Waals surface area (Å²) >= 11 is 0. The molecule has 2 fully saturated rings. The van der Waals surface area contributed by atoms with E-state index in [0.717, 1.165) is 12.8 Å². The summed E-state index contributed by atoms with van der Waals surface area (Å²) in [5, 5.41) is 0. The van der Waals surface area contributed by atoms with Crippen molar-refractivity contribution in [2.24, 2.45) is 11.8 Å². The summed E-state index contributed by atoms with van der Waals surface area (Å²) in [5.41, 5.74) is 0. The summed E-state index contributed by atoms with van der Waals surface area (Å²) in [7, 11) is 1.36. The van der Waals surface area contributed by atoms with E-state index in [1.807, 2.05) is 4.90 Å². The molecule has 2 amide bonds. The molecule has 7 nitrogen and oxygen atoms in total. The Labute approximate surface area is 136 Å². The number of likely N-dealkylation sites (tertiary alicyclic amines) is 2. The number of amides is 2. The topological polar surface area (TPSA) is 76.2 Å². The number of esters is 1. The average molecular weight is 326 g/mol. The number of ether oxygens (including phenoxy) is 2. The summed E-state index contributed by atoms with van der Waals surface area (Å²) in [5.74, 6) is -0.339. The van der Waals surface area contributed by atoms with E-state index < -0.39 is 0 Å². The van der Waals surface area contributed by atoms with Crippen molar-refractivity contribution in [1.82, 2.24) is 9.80 Å². The van der Waals surface area contributed by atoms with Crippen molar-refractivity contribution >= 4 is 18.0 Å². The minimum Gasteiger partial charge on any atom is -0.466 e.